The number of benzene rings is 1. The molecule has 19 heavy (non-hydrogen) atoms. The predicted octanol–water partition coefficient (Wildman–Crippen LogP) is 3.55. The van der Waals surface area contributed by atoms with Crippen molar-refractivity contribution < 1.29 is 8.78 Å². The van der Waals surface area contributed by atoms with E-state index < -0.39 is 11.6 Å². The van der Waals surface area contributed by atoms with E-state index >= 15 is 0 Å². The first-order chi connectivity index (χ1) is 9.02. The van der Waals surface area contributed by atoms with Gasteiger partial charge < -0.3 is 10.2 Å². The van der Waals surface area contributed by atoms with Crippen molar-refractivity contribution in [3.8, 4) is 0 Å². The van der Waals surface area contributed by atoms with Crippen molar-refractivity contribution in [1.82, 2.24) is 5.32 Å². The molecule has 0 saturated carbocycles. The van der Waals surface area contributed by atoms with Gasteiger partial charge in [0.1, 0.15) is 11.6 Å². The van der Waals surface area contributed by atoms with Gasteiger partial charge in [0.25, 0.3) is 0 Å². The minimum Gasteiger partial charge on any atom is -0.366 e. The average molecular weight is 333 g/mol. The molecule has 1 fully saturated rings. The van der Waals surface area contributed by atoms with Crippen molar-refractivity contribution >= 4 is 21.6 Å². The van der Waals surface area contributed by atoms with Crippen molar-refractivity contribution in [2.75, 3.05) is 24.5 Å². The molecule has 0 radical (unpaired) electrons. The molecule has 2 rings (SSSR count). The molecular weight excluding hydrogens is 314 g/mol. The maximum absolute atomic E-state index is 13.9. The van der Waals surface area contributed by atoms with Crippen LogP contribution >= 0.6 is 15.9 Å². The van der Waals surface area contributed by atoms with E-state index in [1.807, 2.05) is 4.90 Å². The lowest BCUT2D eigenvalue weighted by molar-refractivity contribution is 0.340. The van der Waals surface area contributed by atoms with Crippen molar-refractivity contribution in [2.24, 2.45) is 5.92 Å². The Balaban J connectivity index is 2.19. The number of nitrogens with zero attached hydrogens (tertiary/aromatic N) is 1. The van der Waals surface area contributed by atoms with Crippen molar-refractivity contribution in [3.63, 3.8) is 0 Å². The molecule has 0 bridgehead atoms. The summed E-state index contributed by atoms with van der Waals surface area (Å²) in [5.74, 6) is -0.518. The Bertz CT molecular complexity index is 453. The second kappa shape index (κ2) is 6.18. The minimum absolute atomic E-state index is 0.308. The summed E-state index contributed by atoms with van der Waals surface area (Å²) in [5, 5.41) is 3.47. The van der Waals surface area contributed by atoms with E-state index in [4.69, 9.17) is 0 Å². The average Bonchev–Trinajstić information content (AvgIpc) is 2.42. The number of hydrogen-bond donors (Lipinski definition) is 1. The van der Waals surface area contributed by atoms with Gasteiger partial charge in [-0.05, 0) is 27.9 Å². The standard InChI is InChI=1S/C14H19BrF2N2/c1-3-9(2)13-8-19(5-4-18-13)14-6-10(15)11(16)7-12(14)17/h6-7,9,13,18H,3-5,8H2,1-2H3. The van der Waals surface area contributed by atoms with Crippen LogP contribution in [-0.4, -0.2) is 25.7 Å². The van der Waals surface area contributed by atoms with Crippen LogP contribution in [-0.2, 0) is 0 Å². The highest BCUT2D eigenvalue weighted by atomic mass is 79.9. The predicted molar refractivity (Wildman–Crippen MR) is 77.5 cm³/mol. The van der Waals surface area contributed by atoms with E-state index in [1.54, 1.807) is 0 Å². The molecule has 1 heterocycles. The number of piperazine rings is 1. The van der Waals surface area contributed by atoms with Gasteiger partial charge in [0.05, 0.1) is 10.2 Å². The van der Waals surface area contributed by atoms with E-state index in [9.17, 15) is 8.78 Å². The van der Waals surface area contributed by atoms with Crippen LogP contribution in [0.15, 0.2) is 16.6 Å². The van der Waals surface area contributed by atoms with Gasteiger partial charge in [-0.2, -0.15) is 0 Å². The zero-order valence-corrected chi connectivity index (χ0v) is 12.8. The summed E-state index contributed by atoms with van der Waals surface area (Å²) in [6, 6.07) is 2.82. The van der Waals surface area contributed by atoms with Crippen LogP contribution in [0, 0.1) is 17.6 Å². The fourth-order valence-corrected chi connectivity index (χ4v) is 2.75. The Kier molecular flexibility index (Phi) is 4.79. The number of halogens is 3. The second-order valence-corrected chi connectivity index (χ2v) is 5.96. The maximum Gasteiger partial charge on any atom is 0.149 e. The number of hydrogen-bond acceptors (Lipinski definition) is 2. The van der Waals surface area contributed by atoms with Crippen LogP contribution in [0.25, 0.3) is 0 Å². The molecule has 0 aromatic heterocycles. The van der Waals surface area contributed by atoms with Gasteiger partial charge in [0, 0.05) is 31.7 Å². The summed E-state index contributed by atoms with van der Waals surface area (Å²) < 4.78 is 27.5. The molecule has 2 nitrogen and oxygen atoms in total. The molecule has 1 aromatic carbocycles. The number of rotatable bonds is 3. The highest BCUT2D eigenvalue weighted by Crippen LogP contribution is 2.28. The van der Waals surface area contributed by atoms with E-state index in [1.165, 1.54) is 6.07 Å². The van der Waals surface area contributed by atoms with Crippen molar-refractivity contribution in [3.05, 3.63) is 28.2 Å². The third-order valence-corrected chi connectivity index (χ3v) is 4.47. The van der Waals surface area contributed by atoms with Gasteiger partial charge in [0.15, 0.2) is 0 Å². The molecule has 1 aromatic rings. The quantitative estimate of drug-likeness (QED) is 0.851. The van der Waals surface area contributed by atoms with Gasteiger partial charge in [-0.1, -0.05) is 20.3 Å². The Morgan fingerprint density at radius 3 is 2.84 bits per heavy atom. The van der Waals surface area contributed by atoms with Crippen LogP contribution in [0.2, 0.25) is 0 Å². The smallest absolute Gasteiger partial charge is 0.149 e. The zero-order valence-electron chi connectivity index (χ0n) is 11.2. The topological polar surface area (TPSA) is 15.3 Å². The largest absolute Gasteiger partial charge is 0.366 e. The van der Waals surface area contributed by atoms with E-state index in [0.29, 0.717) is 22.1 Å². The van der Waals surface area contributed by atoms with Crippen LogP contribution in [0.5, 0.6) is 0 Å². The van der Waals surface area contributed by atoms with Gasteiger partial charge in [0.2, 0.25) is 0 Å². The summed E-state index contributed by atoms with van der Waals surface area (Å²) in [4.78, 5) is 1.99. The third-order valence-electron chi connectivity index (χ3n) is 3.87. The second-order valence-electron chi connectivity index (χ2n) is 5.11. The highest BCUT2D eigenvalue weighted by molar-refractivity contribution is 9.10. The lowest BCUT2D eigenvalue weighted by atomic mass is 9.97. The van der Waals surface area contributed by atoms with Crippen LogP contribution in [0.1, 0.15) is 20.3 Å². The first kappa shape index (κ1) is 14.7. The molecule has 0 amide bonds. The highest BCUT2D eigenvalue weighted by Gasteiger charge is 2.25. The summed E-state index contributed by atoms with van der Waals surface area (Å²) in [6.07, 6.45) is 1.08. The summed E-state index contributed by atoms with van der Waals surface area (Å²) >= 11 is 3.12. The Morgan fingerprint density at radius 1 is 1.42 bits per heavy atom. The molecule has 1 aliphatic heterocycles. The van der Waals surface area contributed by atoms with Gasteiger partial charge >= 0.3 is 0 Å². The monoisotopic (exact) mass is 332 g/mol. The lowest BCUT2D eigenvalue weighted by Crippen LogP contribution is -2.53. The molecular formula is C14H19BrF2N2. The Morgan fingerprint density at radius 2 is 2.16 bits per heavy atom. The summed E-state index contributed by atoms with van der Waals surface area (Å²) in [7, 11) is 0. The van der Waals surface area contributed by atoms with Gasteiger partial charge in [-0.25, -0.2) is 8.78 Å². The van der Waals surface area contributed by atoms with Gasteiger partial charge in [-0.15, -0.1) is 0 Å². The van der Waals surface area contributed by atoms with Crippen LogP contribution in [0.4, 0.5) is 14.5 Å². The third kappa shape index (κ3) is 3.26. The van der Waals surface area contributed by atoms with Gasteiger partial charge in [-0.3, -0.25) is 0 Å². The molecule has 5 heteroatoms. The summed E-state index contributed by atoms with van der Waals surface area (Å²) in [5.41, 5.74) is 0.475. The van der Waals surface area contributed by atoms with Crippen molar-refractivity contribution in [1.29, 1.82) is 0 Å². The Hall–Kier alpha value is -0.680. The molecule has 1 N–H and O–H groups in total. The van der Waals surface area contributed by atoms with Crippen LogP contribution < -0.4 is 10.2 Å². The SMILES string of the molecule is CCC(C)C1CN(c2cc(Br)c(F)cc2F)CCN1. The van der Waals surface area contributed by atoms with Crippen molar-refractivity contribution in [2.45, 2.75) is 26.3 Å². The van der Waals surface area contributed by atoms with E-state index in [-0.39, 0.29) is 0 Å². The molecule has 0 spiro atoms. The molecule has 0 aliphatic carbocycles. The molecule has 2 atom stereocenters. The fraction of sp³-hybridized carbons (Fsp3) is 0.571. The fourth-order valence-electron chi connectivity index (χ4n) is 2.42. The Labute approximate surface area is 121 Å². The molecule has 1 aliphatic rings. The van der Waals surface area contributed by atoms with E-state index in [2.05, 4.69) is 35.1 Å². The molecule has 2 unspecified atom stereocenters. The minimum atomic E-state index is -0.560. The molecule has 106 valence electrons. The number of nitrogens with one attached hydrogen (secondary N) is 1. The first-order valence-electron chi connectivity index (χ1n) is 6.65. The first-order valence-corrected chi connectivity index (χ1v) is 7.45. The van der Waals surface area contributed by atoms with E-state index in [0.717, 1.165) is 32.1 Å². The zero-order chi connectivity index (χ0) is 14.0. The normalized spacial score (nSPS) is 21.5. The molecule has 1 saturated heterocycles. The lowest BCUT2D eigenvalue weighted by Gasteiger charge is -2.38. The number of anilines is 1. The maximum atomic E-state index is 13.9. The summed E-state index contributed by atoms with van der Waals surface area (Å²) in [6.45, 7) is 6.66. The van der Waals surface area contributed by atoms with Crippen LogP contribution in [0.3, 0.4) is 0 Å².